The van der Waals surface area contributed by atoms with Gasteiger partial charge in [-0.2, -0.15) is 4.98 Å². The fraction of sp³-hybridized carbons (Fsp3) is 0.417. The van der Waals surface area contributed by atoms with Gasteiger partial charge in [0.2, 0.25) is 11.8 Å². The number of aromatic nitrogens is 4. The lowest BCUT2D eigenvalue weighted by molar-refractivity contribution is 0.0696. The molecule has 0 spiro atoms. The number of ether oxygens (including phenoxy) is 1. The number of carboxylic acid groups (broad SMARTS) is 1. The van der Waals surface area contributed by atoms with Gasteiger partial charge in [0.15, 0.2) is 0 Å². The minimum Gasteiger partial charge on any atom is -0.478 e. The Morgan fingerprint density at radius 3 is 2.31 bits per heavy atom. The van der Waals surface area contributed by atoms with Gasteiger partial charge in [-0.1, -0.05) is 45.0 Å². The largest absolute Gasteiger partial charge is 0.478 e. The van der Waals surface area contributed by atoms with Crippen LogP contribution in [-0.2, 0) is 16.6 Å². The minimum atomic E-state index is -4.23. The Morgan fingerprint density at radius 2 is 1.67 bits per heavy atom. The molecule has 1 saturated carbocycles. The second-order valence-corrected chi connectivity index (χ2v) is 16.1. The molecule has 12 nitrogen and oxygen atoms in total. The molecule has 2 fully saturated rings. The van der Waals surface area contributed by atoms with E-state index in [1.54, 1.807) is 6.07 Å². The second kappa shape index (κ2) is 13.4. The Kier molecular flexibility index (Phi) is 9.34. The summed E-state index contributed by atoms with van der Waals surface area (Å²) >= 11 is 0. The Morgan fingerprint density at radius 1 is 1.00 bits per heavy atom. The summed E-state index contributed by atoms with van der Waals surface area (Å²) in [5.41, 5.74) is 4.65. The van der Waals surface area contributed by atoms with Gasteiger partial charge in [0, 0.05) is 30.8 Å². The third kappa shape index (κ3) is 8.34. The molecule has 2 aromatic carbocycles. The lowest BCUT2D eigenvalue weighted by atomic mass is 9.84. The van der Waals surface area contributed by atoms with E-state index in [-0.39, 0.29) is 40.4 Å². The highest BCUT2D eigenvalue weighted by atomic mass is 32.2. The van der Waals surface area contributed by atoms with E-state index in [0.717, 1.165) is 60.8 Å². The Balaban J connectivity index is 1.22. The van der Waals surface area contributed by atoms with E-state index in [0.29, 0.717) is 23.5 Å². The highest BCUT2D eigenvalue weighted by molar-refractivity contribution is 7.92. The van der Waals surface area contributed by atoms with Crippen molar-refractivity contribution in [3.63, 3.8) is 0 Å². The Hall–Kier alpha value is -4.62. The maximum absolute atomic E-state index is 13.4. The number of nitrogens with zero attached hydrogens (tertiary/aromatic N) is 5. The molecule has 258 valence electrons. The van der Waals surface area contributed by atoms with Crippen molar-refractivity contribution in [2.75, 3.05) is 29.3 Å². The van der Waals surface area contributed by atoms with Crippen LogP contribution in [0.3, 0.4) is 0 Å². The molecule has 3 N–H and O–H groups in total. The van der Waals surface area contributed by atoms with Crippen molar-refractivity contribution in [2.45, 2.75) is 71.4 Å². The predicted octanol–water partition coefficient (Wildman–Crippen LogP) is 5.62. The molecule has 1 aliphatic heterocycles. The molecule has 2 aliphatic rings. The zero-order valence-corrected chi connectivity index (χ0v) is 29.3. The summed E-state index contributed by atoms with van der Waals surface area (Å²) in [4.78, 5) is 31.8. The summed E-state index contributed by atoms with van der Waals surface area (Å²) in [5, 5.41) is 13.0. The summed E-state index contributed by atoms with van der Waals surface area (Å²) in [6, 6.07) is 12.6. The van der Waals surface area contributed by atoms with Crippen molar-refractivity contribution in [1.82, 2.24) is 25.3 Å². The van der Waals surface area contributed by atoms with Crippen LogP contribution < -0.4 is 19.7 Å². The predicted molar refractivity (Wildman–Crippen MR) is 187 cm³/mol. The summed E-state index contributed by atoms with van der Waals surface area (Å²) in [7, 11) is -4.23. The number of aryl methyl sites for hydroxylation is 2. The van der Waals surface area contributed by atoms with E-state index in [4.69, 9.17) is 4.74 Å². The molecular weight excluding hydrogens is 643 g/mol. The molecular formula is C36H43N7O5S. The van der Waals surface area contributed by atoms with Gasteiger partial charge < -0.3 is 20.1 Å². The molecule has 4 aromatic rings. The number of sulfonamides is 1. The van der Waals surface area contributed by atoms with Crippen LogP contribution in [0.1, 0.15) is 67.3 Å². The van der Waals surface area contributed by atoms with Gasteiger partial charge in [0.25, 0.3) is 10.0 Å². The number of rotatable bonds is 14. The molecule has 2 aromatic heterocycles. The van der Waals surface area contributed by atoms with Crippen LogP contribution in [-0.4, -0.2) is 65.2 Å². The van der Waals surface area contributed by atoms with E-state index in [2.05, 4.69) is 55.6 Å². The molecule has 0 bridgehead atoms. The summed E-state index contributed by atoms with van der Waals surface area (Å²) in [6.07, 6.45) is 6.92. The molecule has 49 heavy (non-hydrogen) atoms. The molecule has 1 saturated heterocycles. The molecule has 0 radical (unpaired) electrons. The maximum atomic E-state index is 13.4. The Bertz CT molecular complexity index is 1930. The first-order valence-electron chi connectivity index (χ1n) is 16.4. The van der Waals surface area contributed by atoms with Crippen molar-refractivity contribution in [1.29, 1.82) is 0 Å². The average Bonchev–Trinajstić information content (AvgIpc) is 3.77. The van der Waals surface area contributed by atoms with Crippen LogP contribution in [0, 0.1) is 24.7 Å². The van der Waals surface area contributed by atoms with Crippen LogP contribution in [0.15, 0.2) is 65.8 Å². The average molecular weight is 686 g/mol. The molecule has 6 rings (SSSR count). The summed E-state index contributed by atoms with van der Waals surface area (Å²) < 4.78 is 35.5. The maximum Gasteiger partial charge on any atom is 0.335 e. The minimum absolute atomic E-state index is 0.0514. The number of anilines is 2. The van der Waals surface area contributed by atoms with Gasteiger partial charge in [-0.05, 0) is 73.3 Å². The van der Waals surface area contributed by atoms with Crippen LogP contribution in [0.25, 0.3) is 11.3 Å². The number of nitrogens with one attached hydrogen (secondary N) is 2. The van der Waals surface area contributed by atoms with Crippen molar-refractivity contribution in [3.8, 4) is 17.1 Å². The van der Waals surface area contributed by atoms with Crippen molar-refractivity contribution in [2.24, 2.45) is 10.8 Å². The molecule has 1 aliphatic carbocycles. The van der Waals surface area contributed by atoms with E-state index < -0.39 is 16.0 Å². The van der Waals surface area contributed by atoms with E-state index in [1.165, 1.54) is 18.2 Å². The smallest absolute Gasteiger partial charge is 0.335 e. The first kappa shape index (κ1) is 34.3. The van der Waals surface area contributed by atoms with Crippen LogP contribution in [0.2, 0.25) is 0 Å². The highest BCUT2D eigenvalue weighted by Crippen LogP contribution is 2.49. The van der Waals surface area contributed by atoms with E-state index in [1.807, 2.05) is 44.4 Å². The van der Waals surface area contributed by atoms with Gasteiger partial charge in [-0.15, -0.1) is 0 Å². The normalized spacial score (nSPS) is 16.8. The number of aromatic carboxylic acids is 1. The zero-order chi connectivity index (χ0) is 35.0. The fourth-order valence-corrected chi connectivity index (χ4v) is 7.25. The number of hydrogen-bond donors (Lipinski definition) is 3. The lowest BCUT2D eigenvalue weighted by Crippen LogP contribution is -2.53. The van der Waals surface area contributed by atoms with Crippen LogP contribution >= 0.6 is 0 Å². The first-order chi connectivity index (χ1) is 23.2. The van der Waals surface area contributed by atoms with Gasteiger partial charge in [-0.3, -0.25) is 0 Å². The van der Waals surface area contributed by atoms with Gasteiger partial charge >= 0.3 is 5.97 Å². The van der Waals surface area contributed by atoms with Crippen LogP contribution in [0.5, 0.6) is 5.88 Å². The SMILES string of the molecule is Cc1cccc(C)c1-c1cc(OC[C@@H](CC2(C)CC2)NCc2ncc(N3CC(C)(C)C3)cn2)nc(NS(=O)(=O)c2cccc(C(=O)O)c2)n1. The van der Waals surface area contributed by atoms with Crippen molar-refractivity contribution in [3.05, 3.63) is 83.4 Å². The molecule has 1 atom stereocenters. The fourth-order valence-electron chi connectivity index (χ4n) is 6.26. The van der Waals surface area contributed by atoms with Gasteiger partial charge in [0.05, 0.1) is 40.8 Å². The topological polar surface area (TPSA) is 160 Å². The third-order valence-electron chi connectivity index (χ3n) is 9.18. The molecule has 0 amide bonds. The third-order valence-corrected chi connectivity index (χ3v) is 10.5. The number of carboxylic acids is 1. The number of hydrogen-bond acceptors (Lipinski definition) is 10. The van der Waals surface area contributed by atoms with Crippen molar-refractivity contribution >= 4 is 27.6 Å². The monoisotopic (exact) mass is 685 g/mol. The quantitative estimate of drug-likeness (QED) is 0.151. The number of benzene rings is 2. The van der Waals surface area contributed by atoms with Gasteiger partial charge in [-0.25, -0.2) is 32.9 Å². The molecule has 0 unspecified atom stereocenters. The summed E-state index contributed by atoms with van der Waals surface area (Å²) in [5.74, 6) is -0.523. The van der Waals surface area contributed by atoms with Crippen molar-refractivity contribution < 1.29 is 23.1 Å². The molecule has 3 heterocycles. The summed E-state index contributed by atoms with van der Waals surface area (Å²) in [6.45, 7) is 13.4. The highest BCUT2D eigenvalue weighted by Gasteiger charge is 2.39. The van der Waals surface area contributed by atoms with Gasteiger partial charge in [0.1, 0.15) is 12.4 Å². The van der Waals surface area contributed by atoms with E-state index >= 15 is 0 Å². The standard InChI is InChI=1S/C36H43N7O5S/c1-23-8-6-9-24(2)32(23)29-15-31(41-34(40-29)42-49(46,47)28-11-7-10-25(14-28)33(44)45)48-20-26(16-36(5)12-13-36)37-19-30-38-17-27(18-39-30)43-21-35(3,4)22-43/h6-11,14-15,17-18,26,37H,12-13,16,19-22H2,1-5H3,(H,44,45)(H,40,41,42)/t26-/m1/s1. The first-order valence-corrected chi connectivity index (χ1v) is 17.9. The molecule has 13 heteroatoms. The lowest BCUT2D eigenvalue weighted by Gasteiger charge is -2.47. The Labute approximate surface area is 287 Å². The second-order valence-electron chi connectivity index (χ2n) is 14.4. The van der Waals surface area contributed by atoms with E-state index in [9.17, 15) is 18.3 Å². The zero-order valence-electron chi connectivity index (χ0n) is 28.5. The van der Waals surface area contributed by atoms with Crippen LogP contribution in [0.4, 0.5) is 11.6 Å². The number of carbonyl (C=O) groups is 1.